The number of carboxylic acid groups (broad SMARTS) is 1. The van der Waals surface area contributed by atoms with Gasteiger partial charge >= 0.3 is 5.97 Å². The molecule has 4 aliphatic rings. The second-order valence-corrected chi connectivity index (χ2v) is 6.42. The minimum atomic E-state index is -0.631. The first kappa shape index (κ1) is 10.6. The zero-order valence-electron chi connectivity index (χ0n) is 9.87. The minimum absolute atomic E-state index is 0.0273. The van der Waals surface area contributed by atoms with E-state index in [0.717, 1.165) is 31.1 Å². The van der Waals surface area contributed by atoms with E-state index in [1.54, 1.807) is 0 Å². The van der Waals surface area contributed by atoms with Crippen LogP contribution in [0.3, 0.4) is 0 Å². The first-order valence-corrected chi connectivity index (χ1v) is 6.32. The van der Waals surface area contributed by atoms with Crippen molar-refractivity contribution < 1.29 is 14.6 Å². The predicted molar refractivity (Wildman–Crippen MR) is 59.1 cm³/mol. The largest absolute Gasteiger partial charge is 0.481 e. The van der Waals surface area contributed by atoms with Gasteiger partial charge in [0.1, 0.15) is 0 Å². The van der Waals surface area contributed by atoms with Crippen molar-refractivity contribution in [3.63, 3.8) is 0 Å². The van der Waals surface area contributed by atoms with Crippen molar-refractivity contribution in [3.05, 3.63) is 0 Å². The molecule has 0 spiro atoms. The van der Waals surface area contributed by atoms with E-state index in [9.17, 15) is 4.79 Å². The summed E-state index contributed by atoms with van der Waals surface area (Å²) in [5, 5.41) is 9.09. The molecule has 0 aromatic rings. The van der Waals surface area contributed by atoms with E-state index in [0.29, 0.717) is 6.42 Å². The Morgan fingerprint density at radius 1 is 1.31 bits per heavy atom. The van der Waals surface area contributed by atoms with E-state index in [1.165, 1.54) is 19.3 Å². The lowest BCUT2D eigenvalue weighted by molar-refractivity contribution is -0.186. The number of methoxy groups -OCH3 is 1. The SMILES string of the molecule is COC12CC3CC(CC(CC(=O)O)(C3)C1)C2. The van der Waals surface area contributed by atoms with Crippen LogP contribution in [0.15, 0.2) is 0 Å². The smallest absolute Gasteiger partial charge is 0.303 e. The Morgan fingerprint density at radius 3 is 2.44 bits per heavy atom. The number of carboxylic acids is 1. The Labute approximate surface area is 96.2 Å². The molecule has 0 amide bonds. The molecular formula is C13H20O3. The van der Waals surface area contributed by atoms with Gasteiger partial charge in [0.2, 0.25) is 0 Å². The van der Waals surface area contributed by atoms with Crippen molar-refractivity contribution in [2.45, 2.75) is 50.5 Å². The van der Waals surface area contributed by atoms with Crippen molar-refractivity contribution in [1.82, 2.24) is 0 Å². The standard InChI is InChI=1S/C13H20O3/c1-16-13-5-9-2-10(6-13)4-12(3-9,8-13)7-11(14)15/h9-10H,2-8H2,1H3,(H,14,15). The summed E-state index contributed by atoms with van der Waals surface area (Å²) in [4.78, 5) is 11.0. The van der Waals surface area contributed by atoms with Gasteiger partial charge in [-0.2, -0.15) is 0 Å². The molecule has 2 unspecified atom stereocenters. The highest BCUT2D eigenvalue weighted by Gasteiger charge is 2.58. The van der Waals surface area contributed by atoms with E-state index in [2.05, 4.69) is 0 Å². The molecule has 4 bridgehead atoms. The van der Waals surface area contributed by atoms with Gasteiger partial charge in [-0.3, -0.25) is 4.79 Å². The second kappa shape index (κ2) is 3.22. The fourth-order valence-corrected chi connectivity index (χ4v) is 5.13. The molecule has 4 rings (SSSR count). The normalized spacial score (nSPS) is 49.6. The van der Waals surface area contributed by atoms with Crippen LogP contribution in [0.4, 0.5) is 0 Å². The number of hydrogen-bond acceptors (Lipinski definition) is 2. The zero-order chi connectivity index (χ0) is 11.4. The maximum atomic E-state index is 11.0. The molecule has 4 fully saturated rings. The Kier molecular flexibility index (Phi) is 2.13. The molecule has 2 atom stereocenters. The fourth-order valence-electron chi connectivity index (χ4n) is 5.13. The van der Waals surface area contributed by atoms with E-state index in [4.69, 9.17) is 9.84 Å². The van der Waals surface area contributed by atoms with Crippen LogP contribution in [-0.4, -0.2) is 23.8 Å². The molecule has 0 heterocycles. The summed E-state index contributed by atoms with van der Waals surface area (Å²) in [6.07, 6.45) is 7.23. The third-order valence-corrected chi connectivity index (χ3v) is 5.09. The van der Waals surface area contributed by atoms with Gasteiger partial charge in [-0.05, 0) is 55.8 Å². The second-order valence-electron chi connectivity index (χ2n) is 6.42. The molecule has 0 aromatic heterocycles. The maximum absolute atomic E-state index is 11.0. The van der Waals surface area contributed by atoms with Gasteiger partial charge in [-0.1, -0.05) is 0 Å². The molecule has 3 heteroatoms. The monoisotopic (exact) mass is 224 g/mol. The molecule has 4 saturated carbocycles. The van der Waals surface area contributed by atoms with Crippen LogP contribution in [0.2, 0.25) is 0 Å². The highest BCUT2D eigenvalue weighted by Crippen LogP contribution is 2.63. The molecule has 0 radical (unpaired) electrons. The van der Waals surface area contributed by atoms with Crippen LogP contribution >= 0.6 is 0 Å². The lowest BCUT2D eigenvalue weighted by Gasteiger charge is -2.61. The van der Waals surface area contributed by atoms with Crippen LogP contribution in [0.25, 0.3) is 0 Å². The number of hydrogen-bond donors (Lipinski definition) is 1. The summed E-state index contributed by atoms with van der Waals surface area (Å²) in [6, 6.07) is 0. The van der Waals surface area contributed by atoms with Gasteiger partial charge in [0.25, 0.3) is 0 Å². The average Bonchev–Trinajstić information content (AvgIpc) is 2.13. The molecule has 3 nitrogen and oxygen atoms in total. The van der Waals surface area contributed by atoms with Crippen molar-refractivity contribution in [2.24, 2.45) is 17.3 Å². The first-order valence-electron chi connectivity index (χ1n) is 6.32. The lowest BCUT2D eigenvalue weighted by Crippen LogP contribution is -2.56. The van der Waals surface area contributed by atoms with Crippen molar-refractivity contribution in [3.8, 4) is 0 Å². The molecule has 4 aliphatic carbocycles. The summed E-state index contributed by atoms with van der Waals surface area (Å²) in [5.41, 5.74) is 0.0887. The lowest BCUT2D eigenvalue weighted by atomic mass is 9.47. The van der Waals surface area contributed by atoms with E-state index in [1.807, 2.05) is 7.11 Å². The van der Waals surface area contributed by atoms with Crippen LogP contribution in [0.5, 0.6) is 0 Å². The molecular weight excluding hydrogens is 204 g/mol. The van der Waals surface area contributed by atoms with Crippen molar-refractivity contribution in [1.29, 1.82) is 0 Å². The molecule has 0 aliphatic heterocycles. The van der Waals surface area contributed by atoms with Gasteiger partial charge in [-0.15, -0.1) is 0 Å². The molecule has 16 heavy (non-hydrogen) atoms. The van der Waals surface area contributed by atoms with E-state index in [-0.39, 0.29) is 11.0 Å². The summed E-state index contributed by atoms with van der Waals surface area (Å²) in [5.74, 6) is 0.814. The van der Waals surface area contributed by atoms with E-state index >= 15 is 0 Å². The first-order chi connectivity index (χ1) is 7.55. The fraction of sp³-hybridized carbons (Fsp3) is 0.923. The third kappa shape index (κ3) is 1.48. The van der Waals surface area contributed by atoms with Gasteiger partial charge in [0.05, 0.1) is 12.0 Å². The third-order valence-electron chi connectivity index (χ3n) is 5.09. The molecule has 90 valence electrons. The maximum Gasteiger partial charge on any atom is 0.303 e. The van der Waals surface area contributed by atoms with Crippen molar-refractivity contribution >= 4 is 5.97 Å². The quantitative estimate of drug-likeness (QED) is 0.801. The van der Waals surface area contributed by atoms with Gasteiger partial charge in [0, 0.05) is 7.11 Å². The van der Waals surface area contributed by atoms with Gasteiger partial charge in [-0.25, -0.2) is 0 Å². The van der Waals surface area contributed by atoms with Crippen LogP contribution < -0.4 is 0 Å². The zero-order valence-corrected chi connectivity index (χ0v) is 9.87. The number of rotatable bonds is 3. The summed E-state index contributed by atoms with van der Waals surface area (Å²) in [6.45, 7) is 0. The Morgan fingerprint density at radius 2 is 1.94 bits per heavy atom. The Balaban J connectivity index is 1.89. The van der Waals surface area contributed by atoms with Crippen LogP contribution in [0.1, 0.15) is 44.9 Å². The Bertz CT molecular complexity index is 309. The highest BCUT2D eigenvalue weighted by molar-refractivity contribution is 5.67. The summed E-state index contributed by atoms with van der Waals surface area (Å²) < 4.78 is 5.76. The van der Waals surface area contributed by atoms with Gasteiger partial charge < -0.3 is 9.84 Å². The van der Waals surface area contributed by atoms with Crippen LogP contribution in [0, 0.1) is 17.3 Å². The molecule has 0 saturated heterocycles. The summed E-state index contributed by atoms with van der Waals surface area (Å²) in [7, 11) is 1.81. The topological polar surface area (TPSA) is 46.5 Å². The summed E-state index contributed by atoms with van der Waals surface area (Å²) >= 11 is 0. The Hall–Kier alpha value is -0.570. The number of aliphatic carboxylic acids is 1. The predicted octanol–water partition coefficient (Wildman–Crippen LogP) is 2.45. The number of ether oxygens (including phenoxy) is 1. The van der Waals surface area contributed by atoms with Gasteiger partial charge in [0.15, 0.2) is 0 Å². The minimum Gasteiger partial charge on any atom is -0.481 e. The number of carbonyl (C=O) groups is 1. The highest BCUT2D eigenvalue weighted by atomic mass is 16.5. The van der Waals surface area contributed by atoms with Crippen molar-refractivity contribution in [2.75, 3.05) is 7.11 Å². The molecule has 1 N–H and O–H groups in total. The average molecular weight is 224 g/mol. The molecule has 0 aromatic carbocycles. The van der Waals surface area contributed by atoms with Crippen LogP contribution in [-0.2, 0) is 9.53 Å². The van der Waals surface area contributed by atoms with E-state index < -0.39 is 5.97 Å².